The number of nitro groups is 1. The number of hydrogen-bond donors (Lipinski definition) is 3. The topological polar surface area (TPSA) is 161 Å². The molecule has 0 aliphatic heterocycles. The zero-order valence-electron chi connectivity index (χ0n) is 16.5. The third-order valence-corrected chi connectivity index (χ3v) is 5.76. The van der Waals surface area contributed by atoms with Gasteiger partial charge in [-0.15, -0.1) is 5.10 Å². The molecule has 2 aromatic carbocycles. The van der Waals surface area contributed by atoms with E-state index < -0.39 is 22.3 Å². The third kappa shape index (κ3) is 5.28. The van der Waals surface area contributed by atoms with E-state index in [1.807, 2.05) is 0 Å². The highest BCUT2D eigenvalue weighted by atomic mass is 127. The fourth-order valence-corrected chi connectivity index (χ4v) is 3.92. The quantitative estimate of drug-likeness (QED) is 0.119. The van der Waals surface area contributed by atoms with E-state index in [2.05, 4.69) is 15.2 Å². The Bertz CT molecular complexity index is 1210. The van der Waals surface area contributed by atoms with Crippen LogP contribution in [0.4, 0.5) is 5.69 Å². The van der Waals surface area contributed by atoms with Crippen LogP contribution in [0, 0.1) is 13.7 Å². The smallest absolute Gasteiger partial charge is 0.342 e. The number of ether oxygens (including phenoxy) is 2. The van der Waals surface area contributed by atoms with Crippen molar-refractivity contribution in [3.63, 3.8) is 0 Å². The first-order valence-corrected chi connectivity index (χ1v) is 10.6. The Morgan fingerprint density at radius 1 is 1.22 bits per heavy atom. The number of H-pyrrole nitrogens is 1. The van der Waals surface area contributed by atoms with Crippen molar-refractivity contribution in [2.45, 2.75) is 5.16 Å². The summed E-state index contributed by atoms with van der Waals surface area (Å²) in [5.41, 5.74) is 0.326. The molecule has 32 heavy (non-hydrogen) atoms. The predicted molar refractivity (Wildman–Crippen MR) is 124 cm³/mol. The molecule has 0 saturated carbocycles. The van der Waals surface area contributed by atoms with Gasteiger partial charge in [-0.2, -0.15) is 0 Å². The molecule has 11 nitrogen and oxygen atoms in total. The van der Waals surface area contributed by atoms with Crippen molar-refractivity contribution >= 4 is 52.1 Å². The normalized spacial score (nSPS) is 11.3. The number of nitrogens with one attached hydrogen (secondary N) is 1. The van der Waals surface area contributed by atoms with Crippen LogP contribution in [0.25, 0.3) is 17.5 Å². The third-order valence-electron chi connectivity index (χ3n) is 4.06. The molecule has 0 amide bonds. The Morgan fingerprint density at radius 2 is 1.88 bits per heavy atom. The van der Waals surface area contributed by atoms with Crippen LogP contribution < -0.4 is 9.47 Å². The number of nitrogens with zero attached hydrogens (tertiary/aromatic N) is 3. The van der Waals surface area contributed by atoms with Crippen molar-refractivity contribution < 1.29 is 29.4 Å². The first-order chi connectivity index (χ1) is 15.2. The largest absolute Gasteiger partial charge is 0.501 e. The Kier molecular flexibility index (Phi) is 7.19. The summed E-state index contributed by atoms with van der Waals surface area (Å²) in [5, 5.41) is 37.4. The monoisotopic (exact) mass is 570 g/mol. The minimum Gasteiger partial charge on any atom is -0.501 e. The summed E-state index contributed by atoms with van der Waals surface area (Å²) >= 11 is 2.49. The number of aromatic amines is 1. The maximum absolute atomic E-state index is 11.7. The molecule has 0 aliphatic rings. The van der Waals surface area contributed by atoms with E-state index in [0.29, 0.717) is 22.9 Å². The molecule has 166 valence electrons. The summed E-state index contributed by atoms with van der Waals surface area (Å²) in [5.74, 6) is -0.303. The van der Waals surface area contributed by atoms with Crippen molar-refractivity contribution in [2.24, 2.45) is 0 Å². The Morgan fingerprint density at radius 3 is 2.44 bits per heavy atom. The van der Waals surface area contributed by atoms with Gasteiger partial charge < -0.3 is 19.7 Å². The SMILES string of the molecule is COc1cc(OC)cc(-c2nc(S/C(=C\c3cc(I)c(O)c([N+](=O)[O-])c3)C(=O)O)n[nH]2)c1. The van der Waals surface area contributed by atoms with E-state index in [0.717, 1.165) is 17.8 Å². The van der Waals surface area contributed by atoms with Crippen LogP contribution in [0.5, 0.6) is 17.2 Å². The van der Waals surface area contributed by atoms with Crippen molar-refractivity contribution in [3.8, 4) is 28.6 Å². The van der Waals surface area contributed by atoms with E-state index in [-0.39, 0.29) is 19.2 Å². The lowest BCUT2D eigenvalue weighted by atomic mass is 10.1. The summed E-state index contributed by atoms with van der Waals surface area (Å²) < 4.78 is 10.7. The van der Waals surface area contributed by atoms with Gasteiger partial charge in [0.1, 0.15) is 16.4 Å². The number of phenols is 1. The molecule has 0 spiro atoms. The number of aromatic nitrogens is 3. The van der Waals surface area contributed by atoms with Crippen molar-refractivity contribution in [1.82, 2.24) is 15.2 Å². The number of benzene rings is 2. The van der Waals surface area contributed by atoms with Gasteiger partial charge in [0, 0.05) is 17.7 Å². The molecule has 0 radical (unpaired) electrons. The number of carboxylic acid groups (broad SMARTS) is 1. The van der Waals surface area contributed by atoms with Gasteiger partial charge in [0.05, 0.1) is 22.7 Å². The molecule has 0 atom stereocenters. The molecule has 13 heteroatoms. The second-order valence-corrected chi connectivity index (χ2v) is 8.28. The summed E-state index contributed by atoms with van der Waals surface area (Å²) in [6.45, 7) is 0. The van der Waals surface area contributed by atoms with E-state index in [9.17, 15) is 25.1 Å². The molecular weight excluding hydrogens is 555 g/mol. The first kappa shape index (κ1) is 23.3. The number of rotatable bonds is 8. The van der Waals surface area contributed by atoms with E-state index >= 15 is 0 Å². The molecule has 3 rings (SSSR count). The number of thioether (sulfide) groups is 1. The molecule has 3 aromatic rings. The Labute approximate surface area is 198 Å². The lowest BCUT2D eigenvalue weighted by molar-refractivity contribution is -0.386. The zero-order valence-corrected chi connectivity index (χ0v) is 19.5. The molecule has 0 saturated heterocycles. The number of nitro benzene ring substituents is 1. The summed E-state index contributed by atoms with van der Waals surface area (Å²) in [6, 6.07) is 7.64. The predicted octanol–water partition coefficient (Wildman–Crippen LogP) is 3.93. The van der Waals surface area contributed by atoms with Gasteiger partial charge in [0.25, 0.3) is 0 Å². The first-order valence-electron chi connectivity index (χ1n) is 8.67. The van der Waals surface area contributed by atoms with Crippen LogP contribution in [0.2, 0.25) is 0 Å². The van der Waals surface area contributed by atoms with Crippen LogP contribution in [0.1, 0.15) is 5.56 Å². The molecule has 0 bridgehead atoms. The highest BCUT2D eigenvalue weighted by Gasteiger charge is 2.20. The van der Waals surface area contributed by atoms with Crippen LogP contribution >= 0.6 is 34.4 Å². The van der Waals surface area contributed by atoms with Crippen molar-refractivity contribution in [3.05, 3.63) is 54.5 Å². The van der Waals surface area contributed by atoms with Gasteiger partial charge in [-0.3, -0.25) is 15.2 Å². The average Bonchev–Trinajstić information content (AvgIpc) is 3.23. The molecule has 1 heterocycles. The number of aliphatic carboxylic acids is 1. The van der Waals surface area contributed by atoms with Gasteiger partial charge in [-0.25, -0.2) is 9.78 Å². The van der Waals surface area contributed by atoms with E-state index in [1.165, 1.54) is 26.4 Å². The van der Waals surface area contributed by atoms with Gasteiger partial charge in [0.15, 0.2) is 5.82 Å². The fraction of sp³-hybridized carbons (Fsp3) is 0.105. The highest BCUT2D eigenvalue weighted by molar-refractivity contribution is 14.1. The average molecular weight is 570 g/mol. The van der Waals surface area contributed by atoms with Crippen molar-refractivity contribution in [2.75, 3.05) is 14.2 Å². The standard InChI is InChI=1S/C19H15IN4O7S/c1-30-11-6-10(7-12(8-11)31-2)17-21-19(23-22-17)32-15(18(26)27)5-9-3-13(20)16(25)14(4-9)24(28)29/h3-8,25H,1-2H3,(H,26,27)(H,21,22,23)/b15-5-. The molecule has 1 aromatic heterocycles. The van der Waals surface area contributed by atoms with E-state index in [4.69, 9.17) is 9.47 Å². The molecule has 3 N–H and O–H groups in total. The van der Waals surface area contributed by atoms with Crippen molar-refractivity contribution in [1.29, 1.82) is 0 Å². The second-order valence-electron chi connectivity index (χ2n) is 6.11. The van der Waals surface area contributed by atoms with Crippen LogP contribution in [-0.2, 0) is 4.79 Å². The second kappa shape index (κ2) is 9.86. The number of halogens is 1. The summed E-state index contributed by atoms with van der Waals surface area (Å²) in [4.78, 5) is 26.3. The zero-order chi connectivity index (χ0) is 23.4. The number of carboxylic acids is 1. The lowest BCUT2D eigenvalue weighted by Crippen LogP contribution is -1.98. The summed E-state index contributed by atoms with van der Waals surface area (Å²) in [6.07, 6.45) is 1.24. The van der Waals surface area contributed by atoms with Crippen LogP contribution in [0.15, 0.2) is 40.4 Å². The Hall–Kier alpha value is -3.33. The number of methoxy groups -OCH3 is 2. The maximum atomic E-state index is 11.7. The van der Waals surface area contributed by atoms with Crippen LogP contribution in [-0.4, -0.2) is 50.5 Å². The highest BCUT2D eigenvalue weighted by Crippen LogP contribution is 2.35. The molecular formula is C19H15IN4O7S. The minimum atomic E-state index is -1.27. The maximum Gasteiger partial charge on any atom is 0.342 e. The number of aromatic hydroxyl groups is 1. The van der Waals surface area contributed by atoms with Gasteiger partial charge in [-0.05, 0) is 64.2 Å². The van der Waals surface area contributed by atoms with Gasteiger partial charge >= 0.3 is 11.7 Å². The fourth-order valence-electron chi connectivity index (χ4n) is 2.58. The van der Waals surface area contributed by atoms with E-state index in [1.54, 1.807) is 40.8 Å². The minimum absolute atomic E-state index is 0.124. The number of hydrogen-bond acceptors (Lipinski definition) is 9. The molecule has 0 aliphatic carbocycles. The van der Waals surface area contributed by atoms with Gasteiger partial charge in [-0.1, -0.05) is 0 Å². The number of phenolic OH excluding ortho intramolecular Hbond substituents is 1. The Balaban J connectivity index is 1.93. The molecule has 0 unspecified atom stereocenters. The van der Waals surface area contributed by atoms with Gasteiger partial charge in [0.2, 0.25) is 10.9 Å². The molecule has 0 fully saturated rings. The van der Waals surface area contributed by atoms with Crippen LogP contribution in [0.3, 0.4) is 0 Å². The summed E-state index contributed by atoms with van der Waals surface area (Å²) in [7, 11) is 3.03. The number of carbonyl (C=O) groups is 1. The lowest BCUT2D eigenvalue weighted by Gasteiger charge is -2.06.